The highest BCUT2D eigenvalue weighted by Crippen LogP contribution is 2.13. The van der Waals surface area contributed by atoms with Crippen LogP contribution in [-0.4, -0.2) is 23.6 Å². The van der Waals surface area contributed by atoms with Crippen LogP contribution in [-0.2, 0) is 23.2 Å². The smallest absolute Gasteiger partial charge is 0.271 e. The zero-order valence-corrected chi connectivity index (χ0v) is 14.5. The van der Waals surface area contributed by atoms with Gasteiger partial charge in [-0.1, -0.05) is 42.5 Å². The predicted molar refractivity (Wildman–Crippen MR) is 96.2 cm³/mol. The van der Waals surface area contributed by atoms with Gasteiger partial charge in [0.05, 0.1) is 0 Å². The van der Waals surface area contributed by atoms with Crippen molar-refractivity contribution in [3.8, 4) is 0 Å². The molecule has 1 aromatic heterocycles. The number of nitrogens with zero attached hydrogens (tertiary/aromatic N) is 2. The maximum absolute atomic E-state index is 12.1. The minimum Gasteiger partial charge on any atom is -0.271 e. The van der Waals surface area contributed by atoms with Crippen molar-refractivity contribution >= 4 is 15.9 Å². The van der Waals surface area contributed by atoms with Gasteiger partial charge in [-0.25, -0.2) is 4.98 Å². The number of anilines is 1. The Kier molecular flexibility index (Phi) is 5.11. The quantitative estimate of drug-likeness (QED) is 0.603. The van der Waals surface area contributed by atoms with E-state index in [1.807, 2.05) is 49.4 Å². The van der Waals surface area contributed by atoms with Crippen LogP contribution in [0.3, 0.4) is 0 Å². The second-order valence-corrected chi connectivity index (χ2v) is 7.12. The standard InChI is InChI=1S/C17H19N5O2S/c1-13-19-17(21-20-13)11-14-7-9-16(10-8-14)22-25(23,24)18-12-15-5-3-2-4-6-15/h2-10,18,22H,11-12H2,1H3,(H,19,20,21). The topological polar surface area (TPSA) is 99.8 Å². The summed E-state index contributed by atoms with van der Waals surface area (Å²) in [6.45, 7) is 2.08. The Bertz CT molecular complexity index is 921. The van der Waals surface area contributed by atoms with Crippen molar-refractivity contribution in [3.63, 3.8) is 0 Å². The number of nitrogens with one attached hydrogen (secondary N) is 3. The molecule has 0 saturated heterocycles. The van der Waals surface area contributed by atoms with Gasteiger partial charge in [-0.15, -0.1) is 0 Å². The summed E-state index contributed by atoms with van der Waals surface area (Å²) in [5.41, 5.74) is 2.39. The lowest BCUT2D eigenvalue weighted by Crippen LogP contribution is -2.29. The zero-order valence-electron chi connectivity index (χ0n) is 13.7. The first-order valence-electron chi connectivity index (χ1n) is 7.78. The first-order valence-corrected chi connectivity index (χ1v) is 9.27. The minimum absolute atomic E-state index is 0.235. The van der Waals surface area contributed by atoms with Crippen LogP contribution in [0.5, 0.6) is 0 Å². The molecule has 0 amide bonds. The largest absolute Gasteiger partial charge is 0.299 e. The molecular weight excluding hydrogens is 338 g/mol. The fraction of sp³-hybridized carbons (Fsp3) is 0.176. The van der Waals surface area contributed by atoms with Gasteiger partial charge in [0.25, 0.3) is 10.2 Å². The molecule has 0 radical (unpaired) electrons. The average molecular weight is 357 g/mol. The fourth-order valence-corrected chi connectivity index (χ4v) is 3.18. The van der Waals surface area contributed by atoms with Crippen LogP contribution in [0.25, 0.3) is 0 Å². The van der Waals surface area contributed by atoms with E-state index in [9.17, 15) is 8.42 Å². The molecule has 0 aliphatic heterocycles. The minimum atomic E-state index is -3.63. The van der Waals surface area contributed by atoms with Crippen LogP contribution < -0.4 is 9.44 Å². The van der Waals surface area contributed by atoms with E-state index >= 15 is 0 Å². The van der Waals surface area contributed by atoms with Gasteiger partial charge in [0.15, 0.2) is 5.82 Å². The predicted octanol–water partition coefficient (Wildman–Crippen LogP) is 2.15. The van der Waals surface area contributed by atoms with E-state index < -0.39 is 10.2 Å². The van der Waals surface area contributed by atoms with E-state index in [1.165, 1.54) is 0 Å². The van der Waals surface area contributed by atoms with Crippen molar-refractivity contribution in [1.29, 1.82) is 0 Å². The molecule has 0 saturated carbocycles. The summed E-state index contributed by atoms with van der Waals surface area (Å²) in [6.07, 6.45) is 0.587. The average Bonchev–Trinajstić information content (AvgIpc) is 3.01. The van der Waals surface area contributed by atoms with Crippen molar-refractivity contribution < 1.29 is 8.42 Å². The maximum atomic E-state index is 12.1. The summed E-state index contributed by atoms with van der Waals surface area (Å²) in [7, 11) is -3.63. The van der Waals surface area contributed by atoms with Crippen molar-refractivity contribution in [2.24, 2.45) is 0 Å². The van der Waals surface area contributed by atoms with Gasteiger partial charge >= 0.3 is 0 Å². The van der Waals surface area contributed by atoms with Crippen molar-refractivity contribution in [1.82, 2.24) is 19.9 Å². The monoisotopic (exact) mass is 357 g/mol. The number of aromatic nitrogens is 3. The second-order valence-electron chi connectivity index (χ2n) is 5.62. The first-order chi connectivity index (χ1) is 12.0. The molecule has 8 heteroatoms. The first kappa shape index (κ1) is 17.1. The Hall–Kier alpha value is -2.71. The van der Waals surface area contributed by atoms with Gasteiger partial charge in [0.2, 0.25) is 0 Å². The second kappa shape index (κ2) is 7.45. The molecule has 0 spiro atoms. The molecule has 0 atom stereocenters. The molecular formula is C17H19N5O2S. The molecule has 0 aliphatic carbocycles. The zero-order chi connectivity index (χ0) is 17.7. The lowest BCUT2D eigenvalue weighted by Gasteiger charge is -2.10. The summed E-state index contributed by atoms with van der Waals surface area (Å²) in [4.78, 5) is 4.25. The lowest BCUT2D eigenvalue weighted by atomic mass is 10.1. The van der Waals surface area contributed by atoms with Crippen LogP contribution in [0.4, 0.5) is 5.69 Å². The Labute approximate surface area is 146 Å². The highest BCUT2D eigenvalue weighted by Gasteiger charge is 2.10. The lowest BCUT2D eigenvalue weighted by molar-refractivity contribution is 0.587. The highest BCUT2D eigenvalue weighted by molar-refractivity contribution is 7.90. The van der Waals surface area contributed by atoms with Gasteiger partial charge in [-0.2, -0.15) is 18.2 Å². The van der Waals surface area contributed by atoms with E-state index in [0.29, 0.717) is 17.9 Å². The molecule has 3 rings (SSSR count). The van der Waals surface area contributed by atoms with E-state index in [4.69, 9.17) is 0 Å². The Morgan fingerprint density at radius 1 is 1.00 bits per heavy atom. The molecule has 0 aliphatic rings. The van der Waals surface area contributed by atoms with Gasteiger partial charge in [0, 0.05) is 18.7 Å². The van der Waals surface area contributed by atoms with Gasteiger partial charge in [-0.3, -0.25) is 9.82 Å². The Morgan fingerprint density at radius 3 is 2.36 bits per heavy atom. The van der Waals surface area contributed by atoms with E-state index in [1.54, 1.807) is 12.1 Å². The van der Waals surface area contributed by atoms with Crippen LogP contribution in [0.2, 0.25) is 0 Å². The molecule has 3 N–H and O–H groups in total. The van der Waals surface area contributed by atoms with Crippen molar-refractivity contribution in [2.45, 2.75) is 19.9 Å². The highest BCUT2D eigenvalue weighted by atomic mass is 32.2. The summed E-state index contributed by atoms with van der Waals surface area (Å²) in [5.74, 6) is 1.47. The van der Waals surface area contributed by atoms with Crippen molar-refractivity contribution in [2.75, 3.05) is 4.72 Å². The van der Waals surface area contributed by atoms with Gasteiger partial charge in [0.1, 0.15) is 5.82 Å². The van der Waals surface area contributed by atoms with Crippen LogP contribution >= 0.6 is 0 Å². The third-order valence-corrected chi connectivity index (χ3v) is 4.55. The molecule has 25 heavy (non-hydrogen) atoms. The number of hydrogen-bond donors (Lipinski definition) is 3. The number of H-pyrrole nitrogens is 1. The maximum Gasteiger partial charge on any atom is 0.299 e. The molecule has 3 aromatic rings. The number of rotatable bonds is 7. The molecule has 0 unspecified atom stereocenters. The molecule has 0 bridgehead atoms. The van der Waals surface area contributed by atoms with E-state index in [-0.39, 0.29) is 6.54 Å². The number of benzene rings is 2. The van der Waals surface area contributed by atoms with Gasteiger partial charge in [-0.05, 0) is 30.2 Å². The summed E-state index contributed by atoms with van der Waals surface area (Å²) in [6, 6.07) is 16.5. The third-order valence-electron chi connectivity index (χ3n) is 3.52. The third kappa shape index (κ3) is 5.13. The Balaban J connectivity index is 1.58. The summed E-state index contributed by atoms with van der Waals surface area (Å²) >= 11 is 0. The molecule has 0 fully saturated rings. The fourth-order valence-electron chi connectivity index (χ4n) is 2.31. The summed E-state index contributed by atoms with van der Waals surface area (Å²) in [5, 5.41) is 6.89. The number of hydrogen-bond acceptors (Lipinski definition) is 4. The van der Waals surface area contributed by atoms with E-state index in [2.05, 4.69) is 24.6 Å². The van der Waals surface area contributed by atoms with Crippen LogP contribution in [0, 0.1) is 6.92 Å². The Morgan fingerprint density at radius 2 is 1.72 bits per heavy atom. The van der Waals surface area contributed by atoms with Crippen molar-refractivity contribution in [3.05, 3.63) is 77.4 Å². The molecule has 130 valence electrons. The molecule has 7 nitrogen and oxygen atoms in total. The van der Waals surface area contributed by atoms with E-state index in [0.717, 1.165) is 17.0 Å². The molecule has 1 heterocycles. The van der Waals surface area contributed by atoms with Gasteiger partial charge < -0.3 is 0 Å². The SMILES string of the molecule is Cc1nc(Cc2ccc(NS(=O)(=O)NCc3ccccc3)cc2)n[nH]1. The van der Waals surface area contributed by atoms with Crippen LogP contribution in [0.15, 0.2) is 54.6 Å². The normalized spacial score (nSPS) is 11.4. The van der Waals surface area contributed by atoms with Crippen LogP contribution in [0.1, 0.15) is 22.8 Å². The summed E-state index contributed by atoms with van der Waals surface area (Å²) < 4.78 is 29.2. The number of aryl methyl sites for hydroxylation is 1. The molecule has 2 aromatic carbocycles. The number of aromatic amines is 1.